The van der Waals surface area contributed by atoms with Gasteiger partial charge in [-0.25, -0.2) is 0 Å². The van der Waals surface area contributed by atoms with Crippen molar-refractivity contribution in [1.29, 1.82) is 0 Å². The van der Waals surface area contributed by atoms with Gasteiger partial charge in [0.05, 0.1) is 0 Å². The zero-order valence-corrected chi connectivity index (χ0v) is 9.06. The molecule has 0 aromatic carbocycles. The molecule has 0 amide bonds. The number of carbonyl (C=O) groups is 1. The molecule has 14 heteroatoms. The van der Waals surface area contributed by atoms with Crippen molar-refractivity contribution in [1.82, 2.24) is 0 Å². The fourth-order valence-electron chi connectivity index (χ4n) is 0.689. The molecule has 21 heavy (non-hydrogen) atoms. The van der Waals surface area contributed by atoms with Crippen LogP contribution in [0.25, 0.3) is 0 Å². The van der Waals surface area contributed by atoms with Crippen molar-refractivity contribution >= 4 is 6.04 Å². The average Bonchev–Trinajstić information content (AvgIpc) is 2.24. The first-order chi connectivity index (χ1) is 8.90. The maximum absolute atomic E-state index is 12.5. The molecule has 0 N–H and O–H groups in total. The minimum atomic E-state index is -7.35. The Morgan fingerprint density at radius 2 is 1.14 bits per heavy atom. The van der Waals surface area contributed by atoms with Crippen LogP contribution in [0.5, 0.6) is 0 Å². The summed E-state index contributed by atoms with van der Waals surface area (Å²) in [5.74, 6) is -20.1. The lowest BCUT2D eigenvalue weighted by atomic mass is 10.1. The first kappa shape index (κ1) is 19.8. The predicted octanol–water partition coefficient (Wildman–Crippen LogP) is 3.56. The molecule has 0 aliphatic heterocycles. The van der Waals surface area contributed by atoms with Crippen molar-refractivity contribution in [2.24, 2.45) is 0 Å². The van der Waals surface area contributed by atoms with Crippen LogP contribution in [0.15, 0.2) is 0 Å². The molecule has 0 radical (unpaired) electrons. The van der Waals surface area contributed by atoms with Crippen molar-refractivity contribution in [2.75, 3.05) is 6.61 Å². The van der Waals surface area contributed by atoms with Crippen molar-refractivity contribution < 1.29 is 62.2 Å². The zero-order chi connectivity index (χ0) is 17.5. The normalized spacial score (nSPS) is 15.2. The minimum Gasteiger partial charge on any atom is -0.309 e. The highest BCUT2D eigenvalue weighted by Gasteiger charge is 2.83. The van der Waals surface area contributed by atoms with Gasteiger partial charge in [0.25, 0.3) is 0 Å². The second-order valence-electron chi connectivity index (χ2n) is 3.43. The Morgan fingerprint density at radius 3 is 1.43 bits per heavy atom. The number of hydrogen-bond donors (Lipinski definition) is 0. The Kier molecular flexibility index (Phi) is 4.91. The van der Waals surface area contributed by atoms with E-state index in [-0.39, 0.29) is 0 Å². The van der Waals surface area contributed by atoms with Crippen LogP contribution in [0.4, 0.5) is 52.7 Å². The molecule has 2 nitrogen and oxygen atoms in total. The third-order valence-corrected chi connectivity index (χ3v) is 1.84. The van der Waals surface area contributed by atoms with Crippen molar-refractivity contribution in [3.63, 3.8) is 0 Å². The molecule has 0 spiro atoms. The van der Waals surface area contributed by atoms with Gasteiger partial charge >= 0.3 is 36.1 Å². The third kappa shape index (κ3) is 3.52. The summed E-state index contributed by atoms with van der Waals surface area (Å²) in [6, 6.07) is -3.65. The van der Waals surface area contributed by atoms with Crippen LogP contribution in [-0.4, -0.2) is 42.7 Å². The quantitative estimate of drug-likeness (QED) is 0.543. The molecule has 0 heterocycles. The first-order valence-electron chi connectivity index (χ1n) is 4.32. The molecule has 0 bridgehead atoms. The van der Waals surface area contributed by atoms with E-state index in [0.29, 0.717) is 0 Å². The number of rotatable bonds is 6. The summed E-state index contributed by atoms with van der Waals surface area (Å²) in [6.07, 6.45) is -13.9. The maximum atomic E-state index is 12.5. The standard InChI is InChI=1S/C7H2F12O2/c8-2(20)3(9,10)1-21-7(18,19)5(13,14)4(11,12)6(15,16)17/h1H2. The number of hydrogen-bond acceptors (Lipinski definition) is 2. The molecule has 0 saturated heterocycles. The van der Waals surface area contributed by atoms with Crippen molar-refractivity contribution in [3.8, 4) is 0 Å². The fourth-order valence-corrected chi connectivity index (χ4v) is 0.689. The van der Waals surface area contributed by atoms with E-state index in [1.807, 2.05) is 0 Å². The van der Waals surface area contributed by atoms with Gasteiger partial charge in [-0.3, -0.25) is 4.79 Å². The van der Waals surface area contributed by atoms with Crippen LogP contribution >= 0.6 is 0 Å². The van der Waals surface area contributed by atoms with Gasteiger partial charge in [-0.05, 0) is 0 Å². The Morgan fingerprint density at radius 1 is 0.762 bits per heavy atom. The van der Waals surface area contributed by atoms with Crippen LogP contribution in [0.1, 0.15) is 0 Å². The van der Waals surface area contributed by atoms with Gasteiger partial charge in [-0.15, -0.1) is 0 Å². The Hall–Kier alpha value is -1.21. The second kappa shape index (κ2) is 5.21. The largest absolute Gasteiger partial charge is 0.460 e. The van der Waals surface area contributed by atoms with Gasteiger partial charge in [0, 0.05) is 0 Å². The van der Waals surface area contributed by atoms with Crippen LogP contribution in [0.2, 0.25) is 0 Å². The first-order valence-corrected chi connectivity index (χ1v) is 4.32. The second-order valence-corrected chi connectivity index (χ2v) is 3.43. The van der Waals surface area contributed by atoms with E-state index in [2.05, 4.69) is 4.74 Å². The number of ether oxygens (including phenoxy) is 1. The monoisotopic (exact) mass is 346 g/mol. The molecule has 0 fully saturated rings. The van der Waals surface area contributed by atoms with Crippen molar-refractivity contribution in [2.45, 2.75) is 30.1 Å². The summed E-state index contributed by atoms with van der Waals surface area (Å²) in [4.78, 5) is 9.53. The van der Waals surface area contributed by atoms with E-state index in [1.54, 1.807) is 0 Å². The van der Waals surface area contributed by atoms with Crippen LogP contribution < -0.4 is 0 Å². The highest BCUT2D eigenvalue weighted by molar-refractivity contribution is 5.76. The third-order valence-electron chi connectivity index (χ3n) is 1.84. The topological polar surface area (TPSA) is 26.3 Å². The van der Waals surface area contributed by atoms with Gasteiger partial charge in [0.2, 0.25) is 0 Å². The molecule has 0 aromatic heterocycles. The van der Waals surface area contributed by atoms with E-state index in [1.165, 1.54) is 0 Å². The van der Waals surface area contributed by atoms with E-state index in [9.17, 15) is 57.5 Å². The fraction of sp³-hybridized carbons (Fsp3) is 0.857. The van der Waals surface area contributed by atoms with Gasteiger partial charge in [-0.1, -0.05) is 0 Å². The van der Waals surface area contributed by atoms with E-state index >= 15 is 0 Å². The average molecular weight is 346 g/mol. The highest BCUT2D eigenvalue weighted by Crippen LogP contribution is 2.53. The predicted molar refractivity (Wildman–Crippen MR) is 37.9 cm³/mol. The SMILES string of the molecule is O=C(F)C(F)(F)COC(F)(F)C(F)(F)C(F)(F)C(F)(F)F. The number of halogens is 12. The molecular weight excluding hydrogens is 344 g/mol. The minimum absolute atomic E-state index is 2.23. The molecule has 0 rings (SSSR count). The maximum Gasteiger partial charge on any atom is 0.460 e. The summed E-state index contributed by atoms with van der Waals surface area (Å²) >= 11 is 0. The summed E-state index contributed by atoms with van der Waals surface area (Å²) in [5, 5.41) is 0. The van der Waals surface area contributed by atoms with E-state index in [4.69, 9.17) is 0 Å². The lowest BCUT2D eigenvalue weighted by molar-refractivity contribution is -0.447. The highest BCUT2D eigenvalue weighted by atomic mass is 19.4. The van der Waals surface area contributed by atoms with Crippen LogP contribution in [0.3, 0.4) is 0 Å². The van der Waals surface area contributed by atoms with Crippen LogP contribution in [0, 0.1) is 0 Å². The molecular formula is C7H2F12O2. The van der Waals surface area contributed by atoms with Crippen molar-refractivity contribution in [3.05, 3.63) is 0 Å². The van der Waals surface area contributed by atoms with E-state index in [0.717, 1.165) is 0 Å². The Bertz CT molecular complexity index is 397. The summed E-state index contributed by atoms with van der Waals surface area (Å²) in [5.41, 5.74) is 0. The van der Waals surface area contributed by atoms with Crippen LogP contribution in [-0.2, 0) is 9.53 Å². The molecule has 0 unspecified atom stereocenters. The smallest absolute Gasteiger partial charge is 0.309 e. The molecule has 0 aliphatic rings. The summed E-state index contributed by atoms with van der Waals surface area (Å²) in [6.45, 7) is -3.18. The van der Waals surface area contributed by atoms with Gasteiger partial charge < -0.3 is 4.74 Å². The van der Waals surface area contributed by atoms with Gasteiger partial charge in [-0.2, -0.15) is 52.7 Å². The number of carbonyl (C=O) groups excluding carboxylic acids is 1. The molecule has 0 aromatic rings. The molecule has 0 aliphatic carbocycles. The lowest BCUT2D eigenvalue weighted by Crippen LogP contribution is -2.62. The summed E-state index contributed by atoms with van der Waals surface area (Å²) < 4.78 is 147. The van der Waals surface area contributed by atoms with E-state index < -0.39 is 42.7 Å². The summed E-state index contributed by atoms with van der Waals surface area (Å²) in [7, 11) is 0. The zero-order valence-electron chi connectivity index (χ0n) is 9.06. The lowest BCUT2D eigenvalue weighted by Gasteiger charge is -2.33. The molecule has 126 valence electrons. The Balaban J connectivity index is 5.36. The molecule has 0 atom stereocenters. The van der Waals surface area contributed by atoms with Gasteiger partial charge in [0.15, 0.2) is 0 Å². The number of alkyl halides is 11. The van der Waals surface area contributed by atoms with Gasteiger partial charge in [0.1, 0.15) is 6.61 Å². The Labute approximate surface area is 106 Å². The molecule has 0 saturated carbocycles.